The van der Waals surface area contributed by atoms with Crippen LogP contribution in [0.3, 0.4) is 0 Å². The molecule has 4 rings (SSSR count). The zero-order valence-electron chi connectivity index (χ0n) is 20.4. The van der Waals surface area contributed by atoms with Crippen molar-refractivity contribution in [3.63, 3.8) is 0 Å². The average Bonchev–Trinajstić information content (AvgIpc) is 2.96. The van der Waals surface area contributed by atoms with Crippen molar-refractivity contribution in [3.05, 3.63) is 35.9 Å². The first-order chi connectivity index (χ1) is 15.8. The number of hydrogen-bond acceptors (Lipinski definition) is 4. The lowest BCUT2D eigenvalue weighted by Crippen LogP contribution is -2.64. The normalized spacial score (nSPS) is 25.9. The van der Waals surface area contributed by atoms with Crippen molar-refractivity contribution in [1.29, 1.82) is 0 Å². The van der Waals surface area contributed by atoms with Crippen molar-refractivity contribution in [2.75, 3.05) is 26.2 Å². The van der Waals surface area contributed by atoms with E-state index in [1.54, 1.807) is 40.1 Å². The van der Waals surface area contributed by atoms with Gasteiger partial charge in [-0.15, -0.1) is 0 Å². The molecule has 2 aliphatic heterocycles. The molecule has 6 nitrogen and oxygen atoms in total. The van der Waals surface area contributed by atoms with Crippen LogP contribution in [-0.2, 0) is 15.1 Å². The Morgan fingerprint density at radius 2 is 1.71 bits per heavy atom. The van der Waals surface area contributed by atoms with E-state index in [1.807, 2.05) is 20.8 Å². The highest BCUT2D eigenvalue weighted by Gasteiger charge is 2.57. The molecule has 0 unspecified atom stereocenters. The number of likely N-dealkylation sites (tertiary alicyclic amines) is 2. The van der Waals surface area contributed by atoms with Crippen LogP contribution in [0.25, 0.3) is 0 Å². The standard InChI is InChI=1S/C26H36F2N2O4/c1-23(2,3)34-22(32)29-14-7-11-24(13-15-29)17-30(18-24)21(31)26(33,19-8-5-4-6-9-19)20-10-12-25(27,28)16-20/h4-6,8-9,20,33H,7,10-18H2,1-3H3/t20-,26+/m1/s1. The van der Waals surface area contributed by atoms with Crippen LogP contribution in [0.1, 0.15) is 64.9 Å². The highest BCUT2D eigenvalue weighted by atomic mass is 19.3. The molecule has 34 heavy (non-hydrogen) atoms. The number of carbonyl (C=O) groups excluding carboxylic acids is 2. The fourth-order valence-electron chi connectivity index (χ4n) is 5.76. The van der Waals surface area contributed by atoms with Gasteiger partial charge in [-0.3, -0.25) is 4.79 Å². The summed E-state index contributed by atoms with van der Waals surface area (Å²) in [6, 6.07) is 8.50. The van der Waals surface area contributed by atoms with Crippen molar-refractivity contribution in [2.45, 2.75) is 76.4 Å². The molecular formula is C26H36F2N2O4. The van der Waals surface area contributed by atoms with Crippen molar-refractivity contribution in [3.8, 4) is 0 Å². The predicted octanol–water partition coefficient (Wildman–Crippen LogP) is 4.56. The largest absolute Gasteiger partial charge is 0.444 e. The van der Waals surface area contributed by atoms with Gasteiger partial charge < -0.3 is 19.6 Å². The molecule has 1 aromatic rings. The number of hydrogen-bond donors (Lipinski definition) is 1. The first-order valence-corrected chi connectivity index (χ1v) is 12.3. The number of amides is 2. The molecule has 0 aromatic heterocycles. The van der Waals surface area contributed by atoms with Crippen LogP contribution in [0.4, 0.5) is 13.6 Å². The Labute approximate surface area is 200 Å². The number of carbonyl (C=O) groups is 2. The van der Waals surface area contributed by atoms with E-state index in [0.29, 0.717) is 31.7 Å². The summed E-state index contributed by atoms with van der Waals surface area (Å²) in [7, 11) is 0. The lowest BCUT2D eigenvalue weighted by atomic mass is 9.71. The summed E-state index contributed by atoms with van der Waals surface area (Å²) in [6.45, 7) is 7.61. The smallest absolute Gasteiger partial charge is 0.410 e. The molecule has 2 amide bonds. The third kappa shape index (κ3) is 4.92. The van der Waals surface area contributed by atoms with E-state index in [0.717, 1.165) is 19.3 Å². The van der Waals surface area contributed by atoms with Crippen LogP contribution in [0.15, 0.2) is 30.3 Å². The summed E-state index contributed by atoms with van der Waals surface area (Å²) in [5, 5.41) is 11.7. The zero-order chi connectivity index (χ0) is 24.8. The van der Waals surface area contributed by atoms with Crippen molar-refractivity contribution in [1.82, 2.24) is 9.80 Å². The van der Waals surface area contributed by atoms with Gasteiger partial charge >= 0.3 is 6.09 Å². The minimum absolute atomic E-state index is 0.105. The SMILES string of the molecule is CC(C)(C)OC(=O)N1CCCC2(CC1)CN(C(=O)[C@](O)(c1ccccc1)[C@@H]1CCC(F)(F)C1)C2. The van der Waals surface area contributed by atoms with Gasteiger partial charge in [-0.1, -0.05) is 30.3 Å². The monoisotopic (exact) mass is 478 g/mol. The van der Waals surface area contributed by atoms with Gasteiger partial charge in [0.05, 0.1) is 0 Å². The first-order valence-electron chi connectivity index (χ1n) is 12.3. The number of alkyl halides is 2. The summed E-state index contributed by atoms with van der Waals surface area (Å²) in [4.78, 5) is 29.5. The van der Waals surface area contributed by atoms with Gasteiger partial charge in [-0.05, 0) is 52.0 Å². The van der Waals surface area contributed by atoms with Gasteiger partial charge in [0, 0.05) is 50.4 Å². The Morgan fingerprint density at radius 1 is 1.03 bits per heavy atom. The lowest BCUT2D eigenvalue weighted by molar-refractivity contribution is -0.173. The quantitative estimate of drug-likeness (QED) is 0.692. The molecular weight excluding hydrogens is 442 g/mol. The maximum atomic E-state index is 14.1. The number of benzene rings is 1. The van der Waals surface area contributed by atoms with E-state index in [4.69, 9.17) is 4.74 Å². The number of nitrogens with zero attached hydrogens (tertiary/aromatic N) is 2. The van der Waals surface area contributed by atoms with E-state index < -0.39 is 35.4 Å². The fraction of sp³-hybridized carbons (Fsp3) is 0.692. The summed E-state index contributed by atoms with van der Waals surface area (Å²) in [5.41, 5.74) is -2.26. The second kappa shape index (κ2) is 8.77. The molecule has 0 radical (unpaired) electrons. The van der Waals surface area contributed by atoms with E-state index in [9.17, 15) is 23.5 Å². The number of halogens is 2. The Hall–Kier alpha value is -2.22. The lowest BCUT2D eigenvalue weighted by Gasteiger charge is -2.53. The third-order valence-electron chi connectivity index (χ3n) is 7.57. The zero-order valence-corrected chi connectivity index (χ0v) is 20.4. The van der Waals surface area contributed by atoms with Gasteiger partial charge in [0.15, 0.2) is 5.60 Å². The number of aliphatic hydroxyl groups is 1. The molecule has 3 fully saturated rings. The first kappa shape index (κ1) is 24.9. The van der Waals surface area contributed by atoms with Gasteiger partial charge in [0.1, 0.15) is 5.60 Å². The van der Waals surface area contributed by atoms with Gasteiger partial charge in [-0.25, -0.2) is 13.6 Å². The molecule has 1 aromatic carbocycles. The average molecular weight is 479 g/mol. The molecule has 2 heterocycles. The number of ether oxygens (including phenoxy) is 1. The molecule has 2 atom stereocenters. The maximum absolute atomic E-state index is 14.1. The van der Waals surface area contributed by atoms with Crippen LogP contribution < -0.4 is 0 Å². The Balaban J connectivity index is 1.45. The van der Waals surface area contributed by atoms with Gasteiger partial charge in [-0.2, -0.15) is 0 Å². The van der Waals surface area contributed by atoms with Crippen LogP contribution in [0.5, 0.6) is 0 Å². The highest BCUT2D eigenvalue weighted by molar-refractivity contribution is 5.87. The van der Waals surface area contributed by atoms with Crippen LogP contribution in [0, 0.1) is 11.3 Å². The fourth-order valence-corrected chi connectivity index (χ4v) is 5.76. The summed E-state index contributed by atoms with van der Waals surface area (Å²) < 4.78 is 33.6. The molecule has 1 spiro atoms. The number of rotatable bonds is 3. The van der Waals surface area contributed by atoms with Crippen molar-refractivity contribution in [2.24, 2.45) is 11.3 Å². The Kier molecular flexibility index (Phi) is 6.42. The van der Waals surface area contributed by atoms with Crippen molar-refractivity contribution < 1.29 is 28.2 Å². The summed E-state index contributed by atoms with van der Waals surface area (Å²) in [5.74, 6) is -4.18. The molecule has 1 saturated carbocycles. The van der Waals surface area contributed by atoms with Crippen LogP contribution in [0.2, 0.25) is 0 Å². The van der Waals surface area contributed by atoms with E-state index in [2.05, 4.69) is 0 Å². The van der Waals surface area contributed by atoms with E-state index in [-0.39, 0.29) is 24.3 Å². The van der Waals surface area contributed by atoms with Gasteiger partial charge in [0.25, 0.3) is 5.91 Å². The predicted molar refractivity (Wildman–Crippen MR) is 123 cm³/mol. The Morgan fingerprint density at radius 3 is 2.29 bits per heavy atom. The molecule has 1 N–H and O–H groups in total. The van der Waals surface area contributed by atoms with E-state index in [1.165, 1.54) is 0 Å². The van der Waals surface area contributed by atoms with Gasteiger partial charge in [0.2, 0.25) is 5.92 Å². The molecule has 1 aliphatic carbocycles. The second-order valence-corrected chi connectivity index (χ2v) is 11.4. The van der Waals surface area contributed by atoms with Crippen LogP contribution in [-0.4, -0.2) is 64.6 Å². The molecule has 0 bridgehead atoms. The second-order valence-electron chi connectivity index (χ2n) is 11.4. The summed E-state index contributed by atoms with van der Waals surface area (Å²) in [6.07, 6.45) is 1.38. The minimum Gasteiger partial charge on any atom is -0.444 e. The molecule has 3 aliphatic rings. The summed E-state index contributed by atoms with van der Waals surface area (Å²) >= 11 is 0. The molecule has 8 heteroatoms. The maximum Gasteiger partial charge on any atom is 0.410 e. The highest BCUT2D eigenvalue weighted by Crippen LogP contribution is 2.50. The van der Waals surface area contributed by atoms with Crippen LogP contribution >= 0.6 is 0 Å². The molecule has 2 saturated heterocycles. The van der Waals surface area contributed by atoms with Crippen molar-refractivity contribution >= 4 is 12.0 Å². The van der Waals surface area contributed by atoms with E-state index >= 15 is 0 Å². The Bertz CT molecular complexity index is 911. The third-order valence-corrected chi connectivity index (χ3v) is 7.57. The minimum atomic E-state index is -2.86. The molecule has 188 valence electrons. The topological polar surface area (TPSA) is 70.1 Å².